The second kappa shape index (κ2) is 5.06. The first-order valence-corrected chi connectivity index (χ1v) is 7.41. The molecule has 17 heavy (non-hydrogen) atoms. The summed E-state index contributed by atoms with van der Waals surface area (Å²) in [6, 6.07) is 7.43. The van der Waals surface area contributed by atoms with Gasteiger partial charge in [-0.15, -0.1) is 0 Å². The standard InChI is InChI=1S/C12H18N2O2S/c1-10-3-2-4-11(9-10)14-17(15,16)12-5-7-13-8-6-12/h2-4,9,12-14H,5-8H2,1H3. The van der Waals surface area contributed by atoms with Gasteiger partial charge in [0, 0.05) is 5.69 Å². The molecule has 0 saturated carbocycles. The fourth-order valence-corrected chi connectivity index (χ4v) is 3.54. The van der Waals surface area contributed by atoms with E-state index < -0.39 is 10.0 Å². The van der Waals surface area contributed by atoms with Gasteiger partial charge in [-0.25, -0.2) is 8.42 Å². The molecule has 2 N–H and O–H groups in total. The number of hydrogen-bond donors (Lipinski definition) is 2. The van der Waals surface area contributed by atoms with Gasteiger partial charge in [-0.3, -0.25) is 4.72 Å². The maximum atomic E-state index is 12.1. The van der Waals surface area contributed by atoms with Crippen LogP contribution in [0.2, 0.25) is 0 Å². The van der Waals surface area contributed by atoms with E-state index in [0.717, 1.165) is 18.7 Å². The van der Waals surface area contributed by atoms with Crippen molar-refractivity contribution in [3.63, 3.8) is 0 Å². The number of sulfonamides is 1. The molecule has 1 saturated heterocycles. The van der Waals surface area contributed by atoms with Gasteiger partial charge in [0.25, 0.3) is 0 Å². The minimum absolute atomic E-state index is 0.274. The summed E-state index contributed by atoms with van der Waals surface area (Å²) in [4.78, 5) is 0. The smallest absolute Gasteiger partial charge is 0.235 e. The molecule has 1 aromatic carbocycles. The molecule has 0 unspecified atom stereocenters. The van der Waals surface area contributed by atoms with Crippen LogP contribution in [0, 0.1) is 6.92 Å². The highest BCUT2D eigenvalue weighted by molar-refractivity contribution is 7.93. The van der Waals surface area contributed by atoms with Crippen LogP contribution in [-0.2, 0) is 10.0 Å². The molecule has 0 bridgehead atoms. The normalized spacial score (nSPS) is 17.9. The zero-order valence-corrected chi connectivity index (χ0v) is 10.8. The number of nitrogens with one attached hydrogen (secondary N) is 2. The second-order valence-corrected chi connectivity index (χ2v) is 6.43. The molecule has 0 spiro atoms. The minimum Gasteiger partial charge on any atom is -0.317 e. The summed E-state index contributed by atoms with van der Waals surface area (Å²) in [6.45, 7) is 3.50. The van der Waals surface area contributed by atoms with E-state index in [0.29, 0.717) is 18.5 Å². The Morgan fingerprint density at radius 2 is 2.00 bits per heavy atom. The average molecular weight is 254 g/mol. The van der Waals surface area contributed by atoms with Crippen molar-refractivity contribution in [3.8, 4) is 0 Å². The Bertz CT molecular complexity index is 479. The van der Waals surface area contributed by atoms with Gasteiger partial charge in [0.1, 0.15) is 0 Å². The van der Waals surface area contributed by atoms with Crippen LogP contribution in [0.25, 0.3) is 0 Å². The molecule has 1 aliphatic heterocycles. The molecule has 1 aromatic rings. The number of benzene rings is 1. The lowest BCUT2D eigenvalue weighted by atomic mass is 10.2. The van der Waals surface area contributed by atoms with Crippen LogP contribution < -0.4 is 10.0 Å². The molecule has 1 fully saturated rings. The van der Waals surface area contributed by atoms with Crippen LogP contribution in [0.3, 0.4) is 0 Å². The van der Waals surface area contributed by atoms with Crippen LogP contribution in [0.4, 0.5) is 5.69 Å². The van der Waals surface area contributed by atoms with Crippen molar-refractivity contribution >= 4 is 15.7 Å². The van der Waals surface area contributed by atoms with Gasteiger partial charge < -0.3 is 5.32 Å². The highest BCUT2D eigenvalue weighted by atomic mass is 32.2. The van der Waals surface area contributed by atoms with E-state index in [9.17, 15) is 8.42 Å². The number of rotatable bonds is 3. The molecule has 2 rings (SSSR count). The Morgan fingerprint density at radius 1 is 1.29 bits per heavy atom. The lowest BCUT2D eigenvalue weighted by Crippen LogP contribution is -2.38. The summed E-state index contributed by atoms with van der Waals surface area (Å²) < 4.78 is 26.9. The molecule has 0 radical (unpaired) electrons. The summed E-state index contributed by atoms with van der Waals surface area (Å²) in [7, 11) is -3.24. The predicted octanol–water partition coefficient (Wildman–Crippen LogP) is 1.49. The largest absolute Gasteiger partial charge is 0.317 e. The molecule has 1 heterocycles. The number of hydrogen-bond acceptors (Lipinski definition) is 3. The van der Waals surface area contributed by atoms with Crippen molar-refractivity contribution in [2.75, 3.05) is 17.8 Å². The zero-order valence-electron chi connectivity index (χ0n) is 9.94. The van der Waals surface area contributed by atoms with Gasteiger partial charge in [0.15, 0.2) is 0 Å². The first kappa shape index (κ1) is 12.4. The van der Waals surface area contributed by atoms with E-state index in [2.05, 4.69) is 10.0 Å². The Hall–Kier alpha value is -1.07. The molecule has 0 amide bonds. The molecular formula is C12H18N2O2S. The summed E-state index contributed by atoms with van der Waals surface area (Å²) >= 11 is 0. The lowest BCUT2D eigenvalue weighted by molar-refractivity contribution is 0.499. The van der Waals surface area contributed by atoms with E-state index in [1.807, 2.05) is 25.1 Å². The number of piperidine rings is 1. The number of aryl methyl sites for hydroxylation is 1. The summed E-state index contributed by atoms with van der Waals surface area (Å²) in [5.41, 5.74) is 1.71. The fraction of sp³-hybridized carbons (Fsp3) is 0.500. The average Bonchev–Trinajstić information content (AvgIpc) is 2.29. The monoisotopic (exact) mass is 254 g/mol. The van der Waals surface area contributed by atoms with Crippen LogP contribution in [-0.4, -0.2) is 26.8 Å². The first-order chi connectivity index (χ1) is 8.08. The van der Waals surface area contributed by atoms with Crippen molar-refractivity contribution in [2.24, 2.45) is 0 Å². The summed E-state index contributed by atoms with van der Waals surface area (Å²) in [5, 5.41) is 2.89. The van der Waals surface area contributed by atoms with E-state index in [1.54, 1.807) is 6.07 Å². The second-order valence-electron chi connectivity index (χ2n) is 4.47. The van der Waals surface area contributed by atoms with Crippen LogP contribution in [0.1, 0.15) is 18.4 Å². The SMILES string of the molecule is Cc1cccc(NS(=O)(=O)C2CCNCC2)c1. The van der Waals surface area contributed by atoms with Gasteiger partial charge in [-0.1, -0.05) is 12.1 Å². The Kier molecular flexibility index (Phi) is 3.69. The minimum atomic E-state index is -3.24. The van der Waals surface area contributed by atoms with Crippen LogP contribution in [0.5, 0.6) is 0 Å². The third-order valence-corrected chi connectivity index (χ3v) is 4.87. The van der Waals surface area contributed by atoms with Gasteiger partial charge in [-0.2, -0.15) is 0 Å². The number of anilines is 1. The van der Waals surface area contributed by atoms with Crippen molar-refractivity contribution in [2.45, 2.75) is 25.0 Å². The van der Waals surface area contributed by atoms with Crippen molar-refractivity contribution in [1.82, 2.24) is 5.32 Å². The molecule has 0 atom stereocenters. The van der Waals surface area contributed by atoms with E-state index in [-0.39, 0.29) is 5.25 Å². The Morgan fingerprint density at radius 3 is 2.65 bits per heavy atom. The molecule has 0 aromatic heterocycles. The summed E-state index contributed by atoms with van der Waals surface area (Å²) in [5.74, 6) is 0. The molecule has 94 valence electrons. The lowest BCUT2D eigenvalue weighted by Gasteiger charge is -2.23. The highest BCUT2D eigenvalue weighted by Crippen LogP contribution is 2.18. The van der Waals surface area contributed by atoms with E-state index in [4.69, 9.17) is 0 Å². The van der Waals surface area contributed by atoms with Crippen molar-refractivity contribution in [3.05, 3.63) is 29.8 Å². The topological polar surface area (TPSA) is 58.2 Å². The van der Waals surface area contributed by atoms with E-state index in [1.165, 1.54) is 0 Å². The Balaban J connectivity index is 2.11. The van der Waals surface area contributed by atoms with E-state index >= 15 is 0 Å². The van der Waals surface area contributed by atoms with Gasteiger partial charge in [0.2, 0.25) is 10.0 Å². The van der Waals surface area contributed by atoms with Crippen molar-refractivity contribution in [1.29, 1.82) is 0 Å². The molecule has 5 heteroatoms. The maximum absolute atomic E-state index is 12.1. The maximum Gasteiger partial charge on any atom is 0.235 e. The van der Waals surface area contributed by atoms with Gasteiger partial charge in [-0.05, 0) is 50.6 Å². The highest BCUT2D eigenvalue weighted by Gasteiger charge is 2.26. The fourth-order valence-electron chi connectivity index (χ4n) is 2.06. The third-order valence-electron chi connectivity index (χ3n) is 3.00. The van der Waals surface area contributed by atoms with Crippen LogP contribution in [0.15, 0.2) is 24.3 Å². The van der Waals surface area contributed by atoms with Crippen molar-refractivity contribution < 1.29 is 8.42 Å². The molecule has 4 nitrogen and oxygen atoms in total. The van der Waals surface area contributed by atoms with Gasteiger partial charge in [0.05, 0.1) is 5.25 Å². The molecule has 0 aliphatic carbocycles. The van der Waals surface area contributed by atoms with Gasteiger partial charge >= 0.3 is 0 Å². The predicted molar refractivity (Wildman–Crippen MR) is 69.6 cm³/mol. The quantitative estimate of drug-likeness (QED) is 0.859. The zero-order chi connectivity index (χ0) is 12.3. The first-order valence-electron chi connectivity index (χ1n) is 5.87. The van der Waals surface area contributed by atoms with Crippen LogP contribution >= 0.6 is 0 Å². The molecular weight excluding hydrogens is 236 g/mol. The third kappa shape index (κ3) is 3.20. The Labute approximate surface area is 102 Å². The molecule has 1 aliphatic rings. The summed E-state index contributed by atoms with van der Waals surface area (Å²) in [6.07, 6.45) is 1.36.